The second kappa shape index (κ2) is 11.9. The predicted octanol–water partition coefficient (Wildman–Crippen LogP) is 5.36. The summed E-state index contributed by atoms with van der Waals surface area (Å²) in [6, 6.07) is 7.92. The van der Waals surface area contributed by atoms with Crippen LogP contribution in [0.3, 0.4) is 0 Å². The number of nitrogens with zero attached hydrogens (tertiary/aromatic N) is 6. The Morgan fingerprint density at radius 1 is 1.20 bits per heavy atom. The number of benzene rings is 2. The lowest BCUT2D eigenvalue weighted by molar-refractivity contribution is -0.137. The average Bonchev–Trinajstić information content (AvgIpc) is 3.67. The third-order valence-corrected chi connectivity index (χ3v) is 8.60. The van der Waals surface area contributed by atoms with E-state index in [1.807, 2.05) is 11.9 Å². The minimum atomic E-state index is -4.69. The fraction of sp³-hybridized carbons (Fsp3) is 0.375. The number of nitriles is 1. The number of rotatable bonds is 7. The van der Waals surface area contributed by atoms with Crippen LogP contribution < -0.4 is 9.64 Å². The highest BCUT2D eigenvalue weighted by Crippen LogP contribution is 2.45. The van der Waals surface area contributed by atoms with Gasteiger partial charge < -0.3 is 29.0 Å². The summed E-state index contributed by atoms with van der Waals surface area (Å²) < 4.78 is 54.5. The number of halogens is 3. The van der Waals surface area contributed by atoms with E-state index >= 15 is 0 Å². The Balaban J connectivity index is 1.53. The van der Waals surface area contributed by atoms with Crippen molar-refractivity contribution in [2.45, 2.75) is 37.5 Å². The zero-order valence-corrected chi connectivity index (χ0v) is 24.5. The van der Waals surface area contributed by atoms with E-state index in [4.69, 9.17) is 14.1 Å². The fourth-order valence-electron chi connectivity index (χ4n) is 6.31. The number of hydrogen-bond acceptors (Lipinski definition) is 9. The molecule has 2 saturated heterocycles. The molecule has 1 amide bonds. The Kier molecular flexibility index (Phi) is 8.01. The van der Waals surface area contributed by atoms with E-state index in [1.54, 1.807) is 11.0 Å². The number of ether oxygens (including phenoxy) is 1. The number of carbonyl (C=O) groups excluding carboxylic acids is 1. The van der Waals surface area contributed by atoms with Crippen LogP contribution in [0.4, 0.5) is 19.0 Å². The van der Waals surface area contributed by atoms with E-state index in [2.05, 4.69) is 22.5 Å². The number of amides is 1. The van der Waals surface area contributed by atoms with Crippen molar-refractivity contribution >= 4 is 33.6 Å². The second-order valence-electron chi connectivity index (χ2n) is 11.3. The van der Waals surface area contributed by atoms with Crippen molar-refractivity contribution in [3.63, 3.8) is 0 Å². The Morgan fingerprint density at radius 2 is 2.02 bits per heavy atom. The fourth-order valence-corrected chi connectivity index (χ4v) is 6.31. The Morgan fingerprint density at radius 3 is 2.73 bits per heavy atom. The number of furan rings is 1. The van der Waals surface area contributed by atoms with Crippen LogP contribution in [-0.2, 0) is 11.0 Å². The molecule has 0 saturated carbocycles. The van der Waals surface area contributed by atoms with Crippen LogP contribution >= 0.6 is 0 Å². The molecule has 45 heavy (non-hydrogen) atoms. The predicted molar refractivity (Wildman–Crippen MR) is 161 cm³/mol. The van der Waals surface area contributed by atoms with E-state index in [0.717, 1.165) is 37.6 Å². The number of fused-ring (bicyclic) bond motifs is 3. The van der Waals surface area contributed by atoms with Crippen molar-refractivity contribution in [2.75, 3.05) is 44.7 Å². The zero-order chi connectivity index (χ0) is 31.9. The largest absolute Gasteiger partial charge is 0.508 e. The van der Waals surface area contributed by atoms with Crippen LogP contribution in [0, 0.1) is 11.3 Å². The van der Waals surface area contributed by atoms with Gasteiger partial charge in [0.25, 0.3) is 0 Å². The molecule has 4 aromatic rings. The highest BCUT2D eigenvalue weighted by molar-refractivity contribution is 6.14. The van der Waals surface area contributed by atoms with Crippen LogP contribution in [0.15, 0.2) is 53.7 Å². The third-order valence-electron chi connectivity index (χ3n) is 8.60. The summed E-state index contributed by atoms with van der Waals surface area (Å²) in [7, 11) is 2.01. The SMILES string of the molecule is C=CC(=O)N1CCN(c2nc(OC[C@@H]3CCCN3C)nc3cc(-c4cc(O)ccc4C(F)(F)F)c4ccoc4c23)C[C@@H]1CC#N. The minimum absolute atomic E-state index is 0.0445. The molecule has 2 aliphatic heterocycles. The van der Waals surface area contributed by atoms with E-state index in [-0.39, 0.29) is 58.9 Å². The molecular weight excluding hydrogens is 589 g/mol. The smallest absolute Gasteiger partial charge is 0.417 e. The molecule has 2 aliphatic rings. The topological polar surface area (TPSA) is 119 Å². The number of phenolic OH excluding ortho intramolecular Hbond substituents is 1. The van der Waals surface area contributed by atoms with Crippen LogP contribution in [0.2, 0.25) is 0 Å². The number of alkyl halides is 3. The van der Waals surface area contributed by atoms with Gasteiger partial charge in [0.1, 0.15) is 23.8 Å². The third kappa shape index (κ3) is 5.73. The van der Waals surface area contributed by atoms with Crippen molar-refractivity contribution in [1.82, 2.24) is 19.8 Å². The molecule has 13 heteroatoms. The highest BCUT2D eigenvalue weighted by atomic mass is 19.4. The maximum Gasteiger partial charge on any atom is 0.417 e. The summed E-state index contributed by atoms with van der Waals surface area (Å²) in [6.45, 7) is 5.75. The lowest BCUT2D eigenvalue weighted by atomic mass is 9.94. The quantitative estimate of drug-likeness (QED) is 0.273. The molecule has 0 unspecified atom stereocenters. The van der Waals surface area contributed by atoms with Gasteiger partial charge in [-0.25, -0.2) is 0 Å². The van der Waals surface area contributed by atoms with E-state index in [9.17, 15) is 28.3 Å². The molecule has 2 fully saturated rings. The normalized spacial score (nSPS) is 19.3. The first-order valence-electron chi connectivity index (χ1n) is 14.6. The van der Waals surface area contributed by atoms with Gasteiger partial charge in [0.2, 0.25) is 5.91 Å². The van der Waals surface area contributed by atoms with Gasteiger partial charge >= 0.3 is 12.2 Å². The van der Waals surface area contributed by atoms with Gasteiger partial charge in [0.05, 0.1) is 41.3 Å². The number of carbonyl (C=O) groups is 1. The number of anilines is 1. The summed E-state index contributed by atoms with van der Waals surface area (Å²) >= 11 is 0. The van der Waals surface area contributed by atoms with Gasteiger partial charge in [-0.1, -0.05) is 6.58 Å². The molecule has 2 aromatic heterocycles. The van der Waals surface area contributed by atoms with Gasteiger partial charge in [0, 0.05) is 31.1 Å². The average molecular weight is 621 g/mol. The molecule has 1 N–H and O–H groups in total. The lowest BCUT2D eigenvalue weighted by Gasteiger charge is -2.41. The lowest BCUT2D eigenvalue weighted by Crippen LogP contribution is -2.55. The first-order chi connectivity index (χ1) is 21.6. The highest BCUT2D eigenvalue weighted by Gasteiger charge is 2.36. The van der Waals surface area contributed by atoms with E-state index in [1.165, 1.54) is 18.4 Å². The standard InChI is InChI=1S/C32H31F3N6O4/c1-3-27(43)41-13-12-40(17-19(41)8-10-36)30-28-26(37-31(38-30)45-18-20-5-4-11-39(20)2)16-23(22-9-14-44-29(22)28)24-15-21(42)6-7-25(24)32(33,34)35/h3,6-7,9,14-16,19-20,42H,1,4-5,8,11-13,17-18H2,2H3/t19-,20-/m0/s1. The Bertz CT molecular complexity index is 1820. The molecule has 10 nitrogen and oxygen atoms in total. The molecular formula is C32H31F3N6O4. The van der Waals surface area contributed by atoms with Crippen LogP contribution in [-0.4, -0.2) is 82.7 Å². The monoisotopic (exact) mass is 620 g/mol. The summed E-state index contributed by atoms with van der Waals surface area (Å²) in [5, 5.41) is 20.5. The molecule has 2 aromatic carbocycles. The van der Waals surface area contributed by atoms with E-state index < -0.39 is 17.8 Å². The summed E-state index contributed by atoms with van der Waals surface area (Å²) in [5.74, 6) is -0.183. The van der Waals surface area contributed by atoms with Crippen molar-refractivity contribution in [2.24, 2.45) is 0 Å². The maximum atomic E-state index is 14.2. The summed E-state index contributed by atoms with van der Waals surface area (Å²) in [5.41, 5.74) is -0.428. The Hall–Kier alpha value is -4.83. The molecule has 2 atom stereocenters. The number of likely N-dealkylation sites (N-methyl/N-ethyl adjacent to an activating group) is 1. The Labute approximate surface area is 256 Å². The molecule has 4 heterocycles. The summed E-state index contributed by atoms with van der Waals surface area (Å²) in [6.07, 6.45) is -0.0303. The van der Waals surface area contributed by atoms with Gasteiger partial charge in [-0.15, -0.1) is 0 Å². The van der Waals surface area contributed by atoms with Crippen LogP contribution in [0.5, 0.6) is 11.8 Å². The number of aromatic nitrogens is 2. The number of piperazine rings is 1. The molecule has 0 spiro atoms. The number of hydrogen-bond donors (Lipinski definition) is 1. The first kappa shape index (κ1) is 30.2. The molecule has 234 valence electrons. The van der Waals surface area contributed by atoms with Crippen molar-refractivity contribution < 1.29 is 32.2 Å². The zero-order valence-electron chi connectivity index (χ0n) is 24.5. The van der Waals surface area contributed by atoms with Gasteiger partial charge in [0.15, 0.2) is 0 Å². The maximum absolute atomic E-state index is 14.2. The van der Waals surface area contributed by atoms with Crippen molar-refractivity contribution in [3.8, 4) is 29.0 Å². The summed E-state index contributed by atoms with van der Waals surface area (Å²) in [4.78, 5) is 27.7. The van der Waals surface area contributed by atoms with Crippen LogP contribution in [0.25, 0.3) is 33.0 Å². The molecule has 0 bridgehead atoms. The van der Waals surface area contributed by atoms with Crippen LogP contribution in [0.1, 0.15) is 24.8 Å². The molecule has 6 rings (SSSR count). The molecule has 0 radical (unpaired) electrons. The van der Waals surface area contributed by atoms with Gasteiger partial charge in [-0.3, -0.25) is 4.79 Å². The number of aromatic hydroxyl groups is 1. The second-order valence-corrected chi connectivity index (χ2v) is 11.3. The van der Waals surface area contributed by atoms with Crippen molar-refractivity contribution in [1.29, 1.82) is 5.26 Å². The first-order valence-corrected chi connectivity index (χ1v) is 14.6. The van der Waals surface area contributed by atoms with Gasteiger partial charge in [-0.2, -0.15) is 28.4 Å². The number of likely N-dealkylation sites (tertiary alicyclic amines) is 1. The van der Waals surface area contributed by atoms with Crippen molar-refractivity contribution in [3.05, 3.63) is 54.8 Å². The minimum Gasteiger partial charge on any atom is -0.508 e. The number of phenols is 1. The van der Waals surface area contributed by atoms with Gasteiger partial charge in [-0.05, 0) is 74.0 Å². The molecule has 0 aliphatic carbocycles. The van der Waals surface area contributed by atoms with E-state index in [0.29, 0.717) is 36.3 Å².